The molecule has 0 aliphatic carbocycles. The van der Waals surface area contributed by atoms with Crippen LogP contribution in [0.25, 0.3) is 6.08 Å². The predicted octanol–water partition coefficient (Wildman–Crippen LogP) is 2.63. The van der Waals surface area contributed by atoms with Gasteiger partial charge < -0.3 is 4.74 Å². The smallest absolute Gasteiger partial charge is 0.267 e. The van der Waals surface area contributed by atoms with Gasteiger partial charge in [0.25, 0.3) is 5.91 Å². The van der Waals surface area contributed by atoms with Gasteiger partial charge in [0.15, 0.2) is 0 Å². The molecule has 0 atom stereocenters. The molecule has 0 bridgehead atoms. The molecule has 0 fully saturated rings. The summed E-state index contributed by atoms with van der Waals surface area (Å²) < 4.78 is 5.58. The number of hydrogen-bond donors (Lipinski definition) is 2. The van der Waals surface area contributed by atoms with Crippen molar-refractivity contribution in [2.24, 2.45) is 5.92 Å². The molecule has 1 amide bonds. The summed E-state index contributed by atoms with van der Waals surface area (Å²) in [5, 5.41) is 8.33. The van der Waals surface area contributed by atoms with E-state index in [-0.39, 0.29) is 0 Å². The van der Waals surface area contributed by atoms with Crippen LogP contribution in [0.4, 0.5) is 0 Å². The number of amides is 1. The second kappa shape index (κ2) is 7.50. The van der Waals surface area contributed by atoms with Gasteiger partial charge in [-0.1, -0.05) is 26.0 Å². The molecule has 98 valence electrons. The van der Waals surface area contributed by atoms with Crippen LogP contribution in [0.15, 0.2) is 30.3 Å². The largest absolute Gasteiger partial charge is 0.494 e. The van der Waals surface area contributed by atoms with E-state index in [1.54, 1.807) is 6.08 Å². The maximum Gasteiger partial charge on any atom is 0.267 e. The lowest BCUT2D eigenvalue weighted by molar-refractivity contribution is -0.124. The number of carbonyl (C=O) groups is 1. The molecule has 0 spiro atoms. The number of rotatable bonds is 6. The third-order valence-electron chi connectivity index (χ3n) is 2.38. The highest BCUT2D eigenvalue weighted by atomic mass is 16.5. The van der Waals surface area contributed by atoms with Crippen molar-refractivity contribution >= 4 is 12.0 Å². The topological polar surface area (TPSA) is 58.6 Å². The van der Waals surface area contributed by atoms with Crippen molar-refractivity contribution in [3.8, 4) is 5.75 Å². The number of carbonyl (C=O) groups excluding carboxylic acids is 1. The van der Waals surface area contributed by atoms with Crippen LogP contribution in [-0.4, -0.2) is 17.7 Å². The van der Waals surface area contributed by atoms with Crippen LogP contribution in [0.1, 0.15) is 25.8 Å². The van der Waals surface area contributed by atoms with Crippen molar-refractivity contribution in [2.45, 2.75) is 20.3 Å². The summed E-state index contributed by atoms with van der Waals surface area (Å²) in [4.78, 5) is 10.8. The van der Waals surface area contributed by atoms with Gasteiger partial charge in [-0.25, -0.2) is 5.48 Å². The standard InChI is InChI=1S/C14H19NO3/c1-11(2)9-10-18-13-6-3-12(4-7-13)5-8-14(16)15-17/h3-8,11,17H,9-10H2,1-2H3,(H,15,16)/b8-5+. The summed E-state index contributed by atoms with van der Waals surface area (Å²) in [5.74, 6) is 0.899. The monoisotopic (exact) mass is 249 g/mol. The first-order valence-electron chi connectivity index (χ1n) is 5.97. The lowest BCUT2D eigenvalue weighted by atomic mass is 10.1. The zero-order valence-electron chi connectivity index (χ0n) is 10.7. The molecular formula is C14H19NO3. The van der Waals surface area contributed by atoms with Gasteiger partial charge in [0.1, 0.15) is 5.75 Å². The summed E-state index contributed by atoms with van der Waals surface area (Å²) >= 11 is 0. The Bertz CT molecular complexity index is 396. The maximum atomic E-state index is 10.8. The number of ether oxygens (including phenoxy) is 1. The average Bonchev–Trinajstić information content (AvgIpc) is 2.37. The second-order valence-electron chi connectivity index (χ2n) is 4.41. The van der Waals surface area contributed by atoms with Crippen molar-refractivity contribution < 1.29 is 14.7 Å². The third kappa shape index (κ3) is 5.50. The van der Waals surface area contributed by atoms with Crippen molar-refractivity contribution in [1.82, 2.24) is 5.48 Å². The Labute approximate surface area is 107 Å². The highest BCUT2D eigenvalue weighted by molar-refractivity contribution is 5.90. The van der Waals surface area contributed by atoms with E-state index in [0.29, 0.717) is 12.5 Å². The number of hydroxylamine groups is 1. The quantitative estimate of drug-likeness (QED) is 0.463. The van der Waals surface area contributed by atoms with E-state index in [2.05, 4.69) is 13.8 Å². The molecule has 0 saturated heterocycles. The fourth-order valence-electron chi connectivity index (χ4n) is 1.30. The van der Waals surface area contributed by atoms with E-state index in [4.69, 9.17) is 9.94 Å². The van der Waals surface area contributed by atoms with E-state index < -0.39 is 5.91 Å². The number of nitrogens with one attached hydrogen (secondary N) is 1. The molecule has 0 aliphatic rings. The molecule has 4 nitrogen and oxygen atoms in total. The zero-order chi connectivity index (χ0) is 13.4. The van der Waals surface area contributed by atoms with Crippen molar-refractivity contribution in [3.63, 3.8) is 0 Å². The minimum absolute atomic E-state index is 0.549. The van der Waals surface area contributed by atoms with E-state index in [1.165, 1.54) is 11.6 Å². The van der Waals surface area contributed by atoms with E-state index in [9.17, 15) is 4.79 Å². The molecule has 0 aromatic heterocycles. The van der Waals surface area contributed by atoms with Crippen LogP contribution in [0.5, 0.6) is 5.75 Å². The van der Waals surface area contributed by atoms with Gasteiger partial charge >= 0.3 is 0 Å². The van der Waals surface area contributed by atoms with Gasteiger partial charge in [0, 0.05) is 6.08 Å². The van der Waals surface area contributed by atoms with Gasteiger partial charge in [-0.05, 0) is 36.1 Å². The van der Waals surface area contributed by atoms with Crippen LogP contribution in [0.3, 0.4) is 0 Å². The van der Waals surface area contributed by atoms with Crippen LogP contribution in [0, 0.1) is 5.92 Å². The first kappa shape index (κ1) is 14.3. The lowest BCUT2D eigenvalue weighted by Crippen LogP contribution is -2.14. The van der Waals surface area contributed by atoms with Gasteiger partial charge in [0.2, 0.25) is 0 Å². The molecule has 1 aromatic rings. The van der Waals surface area contributed by atoms with Crippen LogP contribution >= 0.6 is 0 Å². The molecular weight excluding hydrogens is 230 g/mol. The summed E-state index contributed by atoms with van der Waals surface area (Å²) in [6, 6.07) is 7.42. The van der Waals surface area contributed by atoms with Gasteiger partial charge in [-0.15, -0.1) is 0 Å². The molecule has 2 N–H and O–H groups in total. The average molecular weight is 249 g/mol. The summed E-state index contributed by atoms with van der Waals surface area (Å²) in [7, 11) is 0. The molecule has 0 saturated carbocycles. The minimum atomic E-state index is -0.549. The van der Waals surface area contributed by atoms with Crippen molar-refractivity contribution in [3.05, 3.63) is 35.9 Å². The third-order valence-corrected chi connectivity index (χ3v) is 2.38. The normalized spacial score (nSPS) is 10.9. The van der Waals surface area contributed by atoms with E-state index >= 15 is 0 Å². The fourth-order valence-corrected chi connectivity index (χ4v) is 1.30. The summed E-state index contributed by atoms with van der Waals surface area (Å²) in [5.41, 5.74) is 2.40. The Hall–Kier alpha value is -1.81. The Morgan fingerprint density at radius 2 is 2.06 bits per heavy atom. The maximum absolute atomic E-state index is 10.8. The summed E-state index contributed by atoms with van der Waals surface area (Å²) in [6.45, 7) is 5.02. The van der Waals surface area contributed by atoms with Crippen molar-refractivity contribution in [1.29, 1.82) is 0 Å². The number of benzene rings is 1. The minimum Gasteiger partial charge on any atom is -0.494 e. The van der Waals surface area contributed by atoms with Gasteiger partial charge in [0.05, 0.1) is 6.61 Å². The zero-order valence-corrected chi connectivity index (χ0v) is 10.7. The molecule has 1 rings (SSSR count). The number of hydrogen-bond acceptors (Lipinski definition) is 3. The first-order chi connectivity index (χ1) is 8.61. The summed E-state index contributed by atoms with van der Waals surface area (Å²) in [6.07, 6.45) is 3.90. The van der Waals surface area contributed by atoms with E-state index in [0.717, 1.165) is 17.7 Å². The molecule has 1 aromatic carbocycles. The van der Waals surface area contributed by atoms with E-state index in [1.807, 2.05) is 24.3 Å². The van der Waals surface area contributed by atoms with Gasteiger partial charge in [-0.2, -0.15) is 0 Å². The van der Waals surface area contributed by atoms with Crippen molar-refractivity contribution in [2.75, 3.05) is 6.61 Å². The Kier molecular flexibility index (Phi) is 5.94. The Morgan fingerprint density at radius 1 is 1.39 bits per heavy atom. The fraction of sp³-hybridized carbons (Fsp3) is 0.357. The SMILES string of the molecule is CC(C)CCOc1ccc(/C=C/C(=O)NO)cc1. The molecule has 0 aliphatic heterocycles. The lowest BCUT2D eigenvalue weighted by Gasteiger charge is -2.07. The highest BCUT2D eigenvalue weighted by Crippen LogP contribution is 2.14. The predicted molar refractivity (Wildman–Crippen MR) is 70.4 cm³/mol. The molecule has 18 heavy (non-hydrogen) atoms. The molecule has 4 heteroatoms. The van der Waals surface area contributed by atoms with Crippen LogP contribution < -0.4 is 10.2 Å². The highest BCUT2D eigenvalue weighted by Gasteiger charge is 1.97. The second-order valence-corrected chi connectivity index (χ2v) is 4.41. The van der Waals surface area contributed by atoms with Gasteiger partial charge in [-0.3, -0.25) is 10.0 Å². The van der Waals surface area contributed by atoms with Crippen LogP contribution in [0.2, 0.25) is 0 Å². The molecule has 0 radical (unpaired) electrons. The molecule has 0 unspecified atom stereocenters. The Balaban J connectivity index is 2.47. The van der Waals surface area contributed by atoms with Crippen LogP contribution in [-0.2, 0) is 4.79 Å². The molecule has 0 heterocycles. The first-order valence-corrected chi connectivity index (χ1v) is 5.97. The Morgan fingerprint density at radius 3 is 2.61 bits per heavy atom.